The number of carbonyl (C=O) groups is 1. The van der Waals surface area contributed by atoms with Crippen molar-refractivity contribution < 1.29 is 14.3 Å². The maximum absolute atomic E-state index is 10.8. The van der Waals surface area contributed by atoms with E-state index in [1.165, 1.54) is 6.08 Å². The summed E-state index contributed by atoms with van der Waals surface area (Å²) in [6.45, 7) is 15.1. The maximum Gasteiger partial charge on any atom is 0.309 e. The van der Waals surface area contributed by atoms with Crippen LogP contribution < -0.4 is 0 Å². The molecule has 0 radical (unpaired) electrons. The van der Waals surface area contributed by atoms with E-state index < -0.39 is 0 Å². The molecule has 0 bridgehead atoms. The van der Waals surface area contributed by atoms with Crippen LogP contribution in [-0.4, -0.2) is 25.8 Å². The minimum Gasteiger partial charge on any atom is -0.463 e. The molecule has 0 amide bonds. The van der Waals surface area contributed by atoms with Crippen molar-refractivity contribution in [3.63, 3.8) is 0 Å². The van der Waals surface area contributed by atoms with E-state index in [4.69, 9.17) is 9.47 Å². The molecule has 0 rings (SSSR count). The predicted octanol–water partition coefficient (Wildman–Crippen LogP) is 3.97. The van der Waals surface area contributed by atoms with Crippen LogP contribution in [0.2, 0.25) is 0 Å². The van der Waals surface area contributed by atoms with E-state index in [9.17, 15) is 4.79 Å². The van der Waals surface area contributed by atoms with Gasteiger partial charge in [-0.3, -0.25) is 4.79 Å². The molecular weight excluding hydrogens is 216 g/mol. The number of ether oxygens (including phenoxy) is 2. The quantitative estimate of drug-likeness (QED) is 0.369. The lowest BCUT2D eigenvalue weighted by molar-refractivity contribution is -0.144. The fraction of sp³-hybridized carbons (Fsp3) is 0.786. The number of unbranched alkanes of at least 4 members (excludes halogenated alkanes) is 1. The van der Waals surface area contributed by atoms with Crippen LogP contribution in [0.15, 0.2) is 12.7 Å². The van der Waals surface area contributed by atoms with Crippen molar-refractivity contribution >= 4 is 5.97 Å². The van der Waals surface area contributed by atoms with Gasteiger partial charge in [-0.25, -0.2) is 0 Å². The lowest BCUT2D eigenvalue weighted by atomic mass is 10.4. The Hall–Kier alpha value is -0.830. The Kier molecular flexibility index (Phi) is 30.8. The lowest BCUT2D eigenvalue weighted by Gasteiger charge is -2.03. The minimum atomic E-state index is -0.242. The highest BCUT2D eigenvalue weighted by molar-refractivity contribution is 5.70. The first kappa shape index (κ1) is 21.5. The molecule has 0 aliphatic carbocycles. The first-order chi connectivity index (χ1) is 8.31. The Morgan fingerprint density at radius 1 is 1.12 bits per heavy atom. The normalized spacial score (nSPS) is 8.06. The second-order valence-corrected chi connectivity index (χ2v) is 2.68. The third kappa shape index (κ3) is 25.4. The van der Waals surface area contributed by atoms with Crippen molar-refractivity contribution in [1.82, 2.24) is 0 Å². The molecule has 0 aromatic carbocycles. The largest absolute Gasteiger partial charge is 0.463 e. The lowest BCUT2D eigenvalue weighted by Crippen LogP contribution is -2.10. The van der Waals surface area contributed by atoms with Crippen molar-refractivity contribution in [3.05, 3.63) is 12.7 Å². The molecular formula is C14H30O3. The van der Waals surface area contributed by atoms with Crippen LogP contribution in [0.3, 0.4) is 0 Å². The van der Waals surface area contributed by atoms with Crippen molar-refractivity contribution in [2.24, 2.45) is 0 Å². The molecule has 3 heteroatoms. The second kappa shape index (κ2) is 24.4. The molecule has 0 saturated heterocycles. The van der Waals surface area contributed by atoms with Crippen LogP contribution in [0.5, 0.6) is 0 Å². The summed E-state index contributed by atoms with van der Waals surface area (Å²) in [6, 6.07) is 0. The highest BCUT2D eigenvalue weighted by Crippen LogP contribution is 1.90. The summed E-state index contributed by atoms with van der Waals surface area (Å²) in [5.74, 6) is -0.242. The Bertz CT molecular complexity index is 144. The van der Waals surface area contributed by atoms with Gasteiger partial charge in [0.15, 0.2) is 0 Å². The smallest absolute Gasteiger partial charge is 0.309 e. The van der Waals surface area contributed by atoms with Gasteiger partial charge in [-0.15, -0.1) is 6.58 Å². The number of esters is 1. The molecule has 0 spiro atoms. The number of hydrogen-bond acceptors (Lipinski definition) is 3. The van der Waals surface area contributed by atoms with Gasteiger partial charge >= 0.3 is 5.97 Å². The van der Waals surface area contributed by atoms with Gasteiger partial charge in [0.05, 0.1) is 13.0 Å². The van der Waals surface area contributed by atoms with E-state index >= 15 is 0 Å². The van der Waals surface area contributed by atoms with E-state index in [1.807, 2.05) is 27.7 Å². The second-order valence-electron chi connectivity index (χ2n) is 2.68. The summed E-state index contributed by atoms with van der Waals surface area (Å²) in [4.78, 5) is 10.8. The van der Waals surface area contributed by atoms with Crippen LogP contribution in [-0.2, 0) is 14.3 Å². The Morgan fingerprint density at radius 3 is 2.18 bits per heavy atom. The topological polar surface area (TPSA) is 35.5 Å². The molecule has 0 aliphatic heterocycles. The molecule has 0 aromatic heterocycles. The van der Waals surface area contributed by atoms with Gasteiger partial charge in [-0.1, -0.05) is 47.1 Å². The van der Waals surface area contributed by atoms with Crippen molar-refractivity contribution in [2.75, 3.05) is 19.8 Å². The summed E-state index contributed by atoms with van der Waals surface area (Å²) >= 11 is 0. The summed E-state index contributed by atoms with van der Waals surface area (Å²) in [7, 11) is 0. The van der Waals surface area contributed by atoms with E-state index in [-0.39, 0.29) is 12.4 Å². The van der Waals surface area contributed by atoms with E-state index in [0.717, 1.165) is 19.4 Å². The molecule has 0 unspecified atom stereocenters. The molecule has 0 N–H and O–H groups in total. The summed E-state index contributed by atoms with van der Waals surface area (Å²) < 4.78 is 10.0. The minimum absolute atomic E-state index is 0.242. The molecule has 0 aromatic rings. The summed E-state index contributed by atoms with van der Waals surface area (Å²) in [5, 5.41) is 0. The van der Waals surface area contributed by atoms with Gasteiger partial charge in [-0.05, 0) is 6.42 Å². The number of hydrogen-bond donors (Lipinski definition) is 0. The van der Waals surface area contributed by atoms with Gasteiger partial charge < -0.3 is 9.47 Å². The molecule has 0 heterocycles. The monoisotopic (exact) mass is 246 g/mol. The average Bonchev–Trinajstić information content (AvgIpc) is 2.39. The first-order valence-electron chi connectivity index (χ1n) is 6.65. The fourth-order valence-electron chi connectivity index (χ4n) is 0.740. The van der Waals surface area contributed by atoms with Crippen molar-refractivity contribution in [2.45, 2.75) is 53.9 Å². The van der Waals surface area contributed by atoms with Gasteiger partial charge in [0.25, 0.3) is 0 Å². The van der Waals surface area contributed by atoms with Gasteiger partial charge in [0.2, 0.25) is 0 Å². The molecule has 0 aliphatic rings. The Morgan fingerprint density at radius 2 is 1.71 bits per heavy atom. The molecule has 0 atom stereocenters. The standard InChI is InChI=1S/C10H18O3.2C2H6/c1-3-5-7-12-8-9-13-10(11)6-4-2;2*1-2/h4H,2-3,5-9H2,1H3;2*1-2H3. The Balaban J connectivity index is -0.000000439. The highest BCUT2D eigenvalue weighted by Gasteiger charge is 1.97. The molecule has 0 saturated carbocycles. The summed E-state index contributed by atoms with van der Waals surface area (Å²) in [6.07, 6.45) is 3.98. The van der Waals surface area contributed by atoms with E-state index in [1.54, 1.807) is 0 Å². The maximum atomic E-state index is 10.8. The van der Waals surface area contributed by atoms with E-state index in [0.29, 0.717) is 13.2 Å². The third-order valence-corrected chi connectivity index (χ3v) is 1.44. The molecule has 0 fully saturated rings. The van der Waals surface area contributed by atoms with Crippen molar-refractivity contribution in [3.8, 4) is 0 Å². The summed E-state index contributed by atoms with van der Waals surface area (Å²) in [5.41, 5.74) is 0. The number of carbonyl (C=O) groups excluding carboxylic acids is 1. The van der Waals surface area contributed by atoms with Crippen LogP contribution in [0.4, 0.5) is 0 Å². The van der Waals surface area contributed by atoms with Crippen LogP contribution >= 0.6 is 0 Å². The van der Waals surface area contributed by atoms with Crippen molar-refractivity contribution in [1.29, 1.82) is 0 Å². The molecule has 3 nitrogen and oxygen atoms in total. The highest BCUT2D eigenvalue weighted by atomic mass is 16.6. The molecule has 104 valence electrons. The average molecular weight is 246 g/mol. The van der Waals surface area contributed by atoms with Gasteiger partial charge in [-0.2, -0.15) is 0 Å². The first-order valence-corrected chi connectivity index (χ1v) is 6.65. The SMILES string of the molecule is C=CCC(=O)OCCOCCCC.CC.CC. The van der Waals surface area contributed by atoms with Crippen LogP contribution in [0.1, 0.15) is 53.9 Å². The zero-order chi connectivity index (χ0) is 13.9. The van der Waals surface area contributed by atoms with Crippen LogP contribution in [0, 0.1) is 0 Å². The zero-order valence-corrected chi connectivity index (χ0v) is 12.3. The Labute approximate surface area is 107 Å². The molecule has 17 heavy (non-hydrogen) atoms. The third-order valence-electron chi connectivity index (χ3n) is 1.44. The van der Waals surface area contributed by atoms with Gasteiger partial charge in [0.1, 0.15) is 6.61 Å². The fourth-order valence-corrected chi connectivity index (χ4v) is 0.740. The van der Waals surface area contributed by atoms with E-state index in [2.05, 4.69) is 13.5 Å². The van der Waals surface area contributed by atoms with Gasteiger partial charge in [0, 0.05) is 6.61 Å². The zero-order valence-electron chi connectivity index (χ0n) is 12.3. The predicted molar refractivity (Wildman–Crippen MR) is 74.2 cm³/mol. The number of rotatable bonds is 8. The van der Waals surface area contributed by atoms with Crippen LogP contribution in [0.25, 0.3) is 0 Å².